The van der Waals surface area contributed by atoms with E-state index < -0.39 is 17.8 Å². The van der Waals surface area contributed by atoms with Gasteiger partial charge in [-0.05, 0) is 44.7 Å². The van der Waals surface area contributed by atoms with Crippen molar-refractivity contribution in [1.29, 1.82) is 0 Å². The fraction of sp³-hybridized carbons (Fsp3) is 0.524. The van der Waals surface area contributed by atoms with E-state index in [1.165, 1.54) is 0 Å². The zero-order chi connectivity index (χ0) is 20.3. The number of para-hydroxylation sites is 2. The Balaban J connectivity index is 1.39. The van der Waals surface area contributed by atoms with E-state index in [-0.39, 0.29) is 12.0 Å². The molecule has 0 N–H and O–H groups in total. The van der Waals surface area contributed by atoms with E-state index in [9.17, 15) is 4.79 Å². The van der Waals surface area contributed by atoms with E-state index in [4.69, 9.17) is 14.0 Å². The average Bonchev–Trinajstić information content (AvgIpc) is 3.52. The Hall–Kier alpha value is -2.78. The molecule has 0 bridgehead atoms. The second kappa shape index (κ2) is 6.61. The van der Waals surface area contributed by atoms with Gasteiger partial charge in [-0.15, -0.1) is 0 Å². The normalized spacial score (nSPS) is 32.7. The zero-order valence-corrected chi connectivity index (χ0v) is 16.7. The number of benzene rings is 1. The molecule has 5 heterocycles. The van der Waals surface area contributed by atoms with Crippen LogP contribution in [0.2, 0.25) is 0 Å². The fourth-order valence-corrected chi connectivity index (χ4v) is 4.94. The molecule has 30 heavy (non-hydrogen) atoms. The number of nitrogens with zero attached hydrogens (tertiary/aromatic N) is 5. The van der Waals surface area contributed by atoms with Gasteiger partial charge >= 0.3 is 0 Å². The summed E-state index contributed by atoms with van der Waals surface area (Å²) in [6, 6.07) is 6.71. The van der Waals surface area contributed by atoms with E-state index in [1.807, 2.05) is 36.1 Å². The van der Waals surface area contributed by atoms with E-state index in [0.29, 0.717) is 24.9 Å². The van der Waals surface area contributed by atoms with Crippen LogP contribution in [0.1, 0.15) is 56.5 Å². The van der Waals surface area contributed by atoms with Gasteiger partial charge in [0.05, 0.1) is 17.7 Å². The number of aliphatic imine (C=N–C) groups is 1. The van der Waals surface area contributed by atoms with Crippen molar-refractivity contribution in [1.82, 2.24) is 10.1 Å². The van der Waals surface area contributed by atoms with Gasteiger partial charge in [-0.25, -0.2) is 0 Å². The van der Waals surface area contributed by atoms with Crippen LogP contribution in [0.5, 0.6) is 0 Å². The van der Waals surface area contributed by atoms with Crippen LogP contribution in [0.15, 0.2) is 33.8 Å². The van der Waals surface area contributed by atoms with Gasteiger partial charge in [0.25, 0.3) is 11.8 Å². The van der Waals surface area contributed by atoms with Crippen LogP contribution in [-0.2, 0) is 14.3 Å². The van der Waals surface area contributed by atoms with Crippen LogP contribution >= 0.6 is 0 Å². The van der Waals surface area contributed by atoms with Crippen molar-refractivity contribution in [3.8, 4) is 0 Å². The van der Waals surface area contributed by atoms with E-state index in [1.54, 1.807) is 11.2 Å². The molecule has 4 atom stereocenters. The maximum atomic E-state index is 13.8. The standard InChI is InChI=1S/C21H23N5O4/c1-21(9-5-11-29-21)26-14-7-3-2-6-13(14)25-12-22-16(17(25)20(26)27)19-23-18(24-30-19)15-8-4-10-28-15/h2-3,6-7,12,15-17H,4-5,8-11H2,1H3. The number of rotatable bonds is 3. The van der Waals surface area contributed by atoms with E-state index in [2.05, 4.69) is 15.1 Å². The molecule has 0 spiro atoms. The average molecular weight is 409 g/mol. The van der Waals surface area contributed by atoms with Crippen molar-refractivity contribution < 1.29 is 18.8 Å². The van der Waals surface area contributed by atoms with Crippen molar-refractivity contribution in [2.24, 2.45) is 4.99 Å². The number of anilines is 2. The first-order valence-corrected chi connectivity index (χ1v) is 10.5. The van der Waals surface area contributed by atoms with Gasteiger partial charge in [0.15, 0.2) is 6.04 Å². The summed E-state index contributed by atoms with van der Waals surface area (Å²) in [5, 5.41) is 4.11. The lowest BCUT2D eigenvalue weighted by atomic mass is 9.97. The zero-order valence-electron chi connectivity index (χ0n) is 16.7. The molecule has 4 aliphatic rings. The highest BCUT2D eigenvalue weighted by atomic mass is 16.5. The summed E-state index contributed by atoms with van der Waals surface area (Å²) in [6.45, 7) is 3.33. The smallest absolute Gasteiger partial charge is 0.255 e. The highest BCUT2D eigenvalue weighted by Gasteiger charge is 2.53. The lowest BCUT2D eigenvalue weighted by Gasteiger charge is -2.45. The monoisotopic (exact) mass is 409 g/mol. The molecule has 156 valence electrons. The minimum Gasteiger partial charge on any atom is -0.370 e. The fourth-order valence-electron chi connectivity index (χ4n) is 4.94. The van der Waals surface area contributed by atoms with Crippen LogP contribution < -0.4 is 9.80 Å². The molecule has 4 aliphatic heterocycles. The Kier molecular flexibility index (Phi) is 3.97. The maximum Gasteiger partial charge on any atom is 0.255 e. The second-order valence-electron chi connectivity index (χ2n) is 8.34. The number of hydrogen-bond donors (Lipinski definition) is 0. The second-order valence-corrected chi connectivity index (χ2v) is 8.34. The maximum absolute atomic E-state index is 13.8. The van der Waals surface area contributed by atoms with Crippen molar-refractivity contribution in [2.45, 2.75) is 56.5 Å². The van der Waals surface area contributed by atoms with E-state index in [0.717, 1.165) is 37.1 Å². The minimum absolute atomic E-state index is 0.0718. The van der Waals surface area contributed by atoms with Crippen LogP contribution in [0.25, 0.3) is 0 Å². The van der Waals surface area contributed by atoms with Crippen LogP contribution in [-0.4, -0.2) is 47.4 Å². The van der Waals surface area contributed by atoms with Gasteiger partial charge in [-0.1, -0.05) is 17.3 Å². The Morgan fingerprint density at radius 1 is 1.17 bits per heavy atom. The summed E-state index contributed by atoms with van der Waals surface area (Å²) in [6.07, 6.45) is 5.12. The first-order valence-electron chi connectivity index (χ1n) is 10.5. The van der Waals surface area contributed by atoms with Crippen molar-refractivity contribution in [2.75, 3.05) is 23.0 Å². The van der Waals surface area contributed by atoms with Crippen LogP contribution in [0, 0.1) is 0 Å². The minimum atomic E-state index is -0.676. The molecule has 2 saturated heterocycles. The molecule has 2 fully saturated rings. The molecule has 9 heteroatoms. The molecule has 0 saturated carbocycles. The summed E-state index contributed by atoms with van der Waals surface area (Å²) in [5.74, 6) is 0.801. The third kappa shape index (κ3) is 2.55. The molecule has 9 nitrogen and oxygen atoms in total. The van der Waals surface area contributed by atoms with Gasteiger partial charge in [0.1, 0.15) is 17.9 Å². The summed E-state index contributed by atoms with van der Waals surface area (Å²) in [7, 11) is 0. The molecular formula is C21H23N5O4. The third-order valence-electron chi connectivity index (χ3n) is 6.42. The van der Waals surface area contributed by atoms with Crippen LogP contribution in [0.3, 0.4) is 0 Å². The molecule has 0 aliphatic carbocycles. The number of amides is 1. The van der Waals surface area contributed by atoms with Crippen LogP contribution in [0.4, 0.5) is 11.4 Å². The number of carbonyl (C=O) groups excluding carboxylic acids is 1. The van der Waals surface area contributed by atoms with Gasteiger partial charge in [-0.2, -0.15) is 4.98 Å². The Morgan fingerprint density at radius 3 is 2.80 bits per heavy atom. The number of ether oxygens (including phenoxy) is 2. The Labute approximate surface area is 173 Å². The first-order chi connectivity index (χ1) is 14.7. The first kappa shape index (κ1) is 18.0. The van der Waals surface area contributed by atoms with Gasteiger partial charge < -0.3 is 18.9 Å². The Bertz CT molecular complexity index is 1010. The third-order valence-corrected chi connectivity index (χ3v) is 6.42. The predicted octanol–water partition coefficient (Wildman–Crippen LogP) is 2.75. The number of hydrogen-bond acceptors (Lipinski definition) is 8. The molecule has 6 rings (SSSR count). The van der Waals surface area contributed by atoms with Gasteiger partial charge in [-0.3, -0.25) is 14.7 Å². The lowest BCUT2D eigenvalue weighted by molar-refractivity contribution is -0.125. The molecule has 2 aromatic rings. The van der Waals surface area contributed by atoms with Crippen molar-refractivity contribution >= 4 is 23.6 Å². The molecule has 1 aromatic heterocycles. The number of carbonyl (C=O) groups is 1. The quantitative estimate of drug-likeness (QED) is 0.769. The molecular weight excluding hydrogens is 386 g/mol. The summed E-state index contributed by atoms with van der Waals surface area (Å²) >= 11 is 0. The largest absolute Gasteiger partial charge is 0.370 e. The van der Waals surface area contributed by atoms with Gasteiger partial charge in [0.2, 0.25) is 5.82 Å². The summed E-state index contributed by atoms with van der Waals surface area (Å²) in [4.78, 5) is 26.7. The van der Waals surface area contributed by atoms with E-state index >= 15 is 0 Å². The van der Waals surface area contributed by atoms with Crippen molar-refractivity contribution in [3.63, 3.8) is 0 Å². The molecule has 1 amide bonds. The summed E-state index contributed by atoms with van der Waals surface area (Å²) in [5.41, 5.74) is 1.08. The molecule has 4 unspecified atom stereocenters. The number of aromatic nitrogens is 2. The SMILES string of the molecule is CC1(N2C(=O)C3C(c4nc(C5CCCO5)no4)N=CN3c3ccccc32)CCCO1. The molecule has 1 aromatic carbocycles. The highest BCUT2D eigenvalue weighted by molar-refractivity contribution is 6.12. The van der Waals surface area contributed by atoms with Gasteiger partial charge in [0, 0.05) is 13.2 Å². The highest BCUT2D eigenvalue weighted by Crippen LogP contribution is 2.47. The Morgan fingerprint density at radius 2 is 2.03 bits per heavy atom. The lowest BCUT2D eigenvalue weighted by Crippen LogP contribution is -2.60. The topological polar surface area (TPSA) is 93.3 Å². The van der Waals surface area contributed by atoms with Crippen molar-refractivity contribution in [3.05, 3.63) is 36.0 Å². The summed E-state index contributed by atoms with van der Waals surface area (Å²) < 4.78 is 17.3. The number of fused-ring (bicyclic) bond motifs is 3. The predicted molar refractivity (Wildman–Crippen MR) is 107 cm³/mol. The molecule has 0 radical (unpaired) electrons.